The minimum atomic E-state index is 0.746. The maximum Gasteiger partial charge on any atom is 0.167 e. The molecular weight excluding hydrogens is 180 g/mol. The van der Waals surface area contributed by atoms with E-state index in [0.717, 1.165) is 36.5 Å². The molecule has 0 amide bonds. The lowest BCUT2D eigenvalue weighted by molar-refractivity contribution is 0.399. The van der Waals surface area contributed by atoms with Gasteiger partial charge in [-0.05, 0) is 43.1 Å². The normalized spacial score (nSPS) is 20.0. The molecule has 13 heavy (non-hydrogen) atoms. The summed E-state index contributed by atoms with van der Waals surface area (Å²) in [6.07, 6.45) is 8.56. The van der Waals surface area contributed by atoms with Crippen molar-refractivity contribution >= 4 is 17.3 Å². The number of ether oxygens (including phenoxy) is 1. The predicted molar refractivity (Wildman–Crippen MR) is 59.7 cm³/mol. The first kappa shape index (κ1) is 10.5. The van der Waals surface area contributed by atoms with Crippen LogP contribution < -0.4 is 0 Å². The Balaban J connectivity index is 0.000000396. The molecule has 0 saturated carbocycles. The van der Waals surface area contributed by atoms with Gasteiger partial charge in [-0.1, -0.05) is 19.9 Å². The minimum Gasteiger partial charge on any atom is -0.450 e. The molecular formula is C11H16OS. The SMILES string of the molecule is CC.S=C1CCC2=C(C=CCC2)O1. The average Bonchev–Trinajstić information content (AvgIpc) is 2.21. The standard InChI is InChI=1S/C9H10OS.C2H6/c11-9-6-5-7-3-1-2-4-8(7)10-9;1-2/h2,4H,1,3,5-6H2;1-2H3. The smallest absolute Gasteiger partial charge is 0.167 e. The first-order valence-corrected chi connectivity index (χ1v) is 5.36. The Bertz CT molecular complexity index is 251. The Kier molecular flexibility index (Phi) is 4.16. The molecule has 1 heterocycles. The molecule has 0 atom stereocenters. The summed E-state index contributed by atoms with van der Waals surface area (Å²) in [7, 11) is 0. The van der Waals surface area contributed by atoms with Gasteiger partial charge in [0.1, 0.15) is 5.76 Å². The highest BCUT2D eigenvalue weighted by Gasteiger charge is 2.16. The summed E-state index contributed by atoms with van der Waals surface area (Å²) in [5, 5.41) is 0.746. The lowest BCUT2D eigenvalue weighted by Crippen LogP contribution is -2.11. The second kappa shape index (κ2) is 5.18. The molecule has 0 unspecified atom stereocenters. The quantitative estimate of drug-likeness (QED) is 0.546. The number of thiocarbonyl (C=S) groups is 1. The van der Waals surface area contributed by atoms with Gasteiger partial charge in [0.15, 0.2) is 5.05 Å². The van der Waals surface area contributed by atoms with Crippen molar-refractivity contribution in [2.45, 2.75) is 39.5 Å². The molecule has 1 aliphatic carbocycles. The third-order valence-corrected chi connectivity index (χ3v) is 2.37. The van der Waals surface area contributed by atoms with Crippen LogP contribution in [-0.4, -0.2) is 5.05 Å². The molecule has 2 heteroatoms. The fourth-order valence-electron chi connectivity index (χ4n) is 1.47. The Morgan fingerprint density at radius 1 is 1.23 bits per heavy atom. The van der Waals surface area contributed by atoms with E-state index in [-0.39, 0.29) is 0 Å². The summed E-state index contributed by atoms with van der Waals surface area (Å²) in [5.41, 5.74) is 1.45. The van der Waals surface area contributed by atoms with Crippen LogP contribution in [0.2, 0.25) is 0 Å². The first-order valence-electron chi connectivity index (χ1n) is 4.95. The molecule has 0 bridgehead atoms. The van der Waals surface area contributed by atoms with Crippen molar-refractivity contribution < 1.29 is 4.74 Å². The average molecular weight is 196 g/mol. The van der Waals surface area contributed by atoms with Crippen LogP contribution in [0, 0.1) is 0 Å². The topological polar surface area (TPSA) is 9.23 Å². The lowest BCUT2D eigenvalue weighted by Gasteiger charge is -2.21. The molecule has 0 aromatic rings. The van der Waals surface area contributed by atoms with E-state index in [4.69, 9.17) is 17.0 Å². The number of allylic oxidation sites excluding steroid dienone is 3. The van der Waals surface area contributed by atoms with Crippen LogP contribution in [0.15, 0.2) is 23.5 Å². The van der Waals surface area contributed by atoms with Gasteiger partial charge < -0.3 is 4.74 Å². The zero-order chi connectivity index (χ0) is 9.68. The fourth-order valence-corrected chi connectivity index (χ4v) is 1.66. The number of rotatable bonds is 0. The molecule has 2 rings (SSSR count). The highest BCUT2D eigenvalue weighted by molar-refractivity contribution is 7.80. The van der Waals surface area contributed by atoms with Gasteiger partial charge in [-0.25, -0.2) is 0 Å². The van der Waals surface area contributed by atoms with E-state index in [1.807, 2.05) is 19.9 Å². The zero-order valence-corrected chi connectivity index (χ0v) is 9.12. The van der Waals surface area contributed by atoms with Crippen molar-refractivity contribution in [2.24, 2.45) is 0 Å². The van der Waals surface area contributed by atoms with E-state index in [1.165, 1.54) is 5.57 Å². The summed E-state index contributed by atoms with van der Waals surface area (Å²) in [6.45, 7) is 4.00. The van der Waals surface area contributed by atoms with Gasteiger partial charge in [-0.2, -0.15) is 0 Å². The fraction of sp³-hybridized carbons (Fsp3) is 0.545. The van der Waals surface area contributed by atoms with Gasteiger partial charge in [0, 0.05) is 6.42 Å². The van der Waals surface area contributed by atoms with Crippen molar-refractivity contribution in [3.05, 3.63) is 23.5 Å². The molecule has 0 aromatic heterocycles. The Labute approximate surface area is 85.5 Å². The van der Waals surface area contributed by atoms with Crippen molar-refractivity contribution in [1.82, 2.24) is 0 Å². The lowest BCUT2D eigenvalue weighted by atomic mass is 9.97. The largest absolute Gasteiger partial charge is 0.450 e. The zero-order valence-electron chi connectivity index (χ0n) is 8.30. The Morgan fingerprint density at radius 2 is 2.00 bits per heavy atom. The van der Waals surface area contributed by atoms with E-state index in [2.05, 4.69) is 6.08 Å². The summed E-state index contributed by atoms with van der Waals surface area (Å²) in [4.78, 5) is 0. The van der Waals surface area contributed by atoms with Gasteiger partial charge >= 0.3 is 0 Å². The molecule has 0 aromatic carbocycles. The third kappa shape index (κ3) is 2.66. The van der Waals surface area contributed by atoms with E-state index in [1.54, 1.807) is 0 Å². The molecule has 0 saturated heterocycles. The van der Waals surface area contributed by atoms with E-state index >= 15 is 0 Å². The predicted octanol–water partition coefficient (Wildman–Crippen LogP) is 3.75. The van der Waals surface area contributed by atoms with E-state index in [9.17, 15) is 0 Å². The number of hydrogen-bond donors (Lipinski definition) is 0. The molecule has 2 aliphatic rings. The van der Waals surface area contributed by atoms with Gasteiger partial charge in [0.05, 0.1) is 0 Å². The maximum atomic E-state index is 5.41. The summed E-state index contributed by atoms with van der Waals surface area (Å²) in [5.74, 6) is 1.02. The van der Waals surface area contributed by atoms with Crippen LogP contribution in [0.3, 0.4) is 0 Å². The Morgan fingerprint density at radius 3 is 2.77 bits per heavy atom. The molecule has 0 radical (unpaired) electrons. The monoisotopic (exact) mass is 196 g/mol. The van der Waals surface area contributed by atoms with Crippen LogP contribution in [0.4, 0.5) is 0 Å². The van der Waals surface area contributed by atoms with Crippen LogP contribution in [0.5, 0.6) is 0 Å². The van der Waals surface area contributed by atoms with Crippen LogP contribution in [0.25, 0.3) is 0 Å². The molecule has 1 aliphatic heterocycles. The van der Waals surface area contributed by atoms with E-state index < -0.39 is 0 Å². The van der Waals surface area contributed by atoms with Crippen LogP contribution in [-0.2, 0) is 4.74 Å². The van der Waals surface area contributed by atoms with Crippen LogP contribution >= 0.6 is 12.2 Å². The molecule has 72 valence electrons. The highest BCUT2D eigenvalue weighted by atomic mass is 32.1. The minimum absolute atomic E-state index is 0.746. The Hall–Kier alpha value is -0.630. The molecule has 0 spiro atoms. The second-order valence-electron chi connectivity index (χ2n) is 2.88. The van der Waals surface area contributed by atoms with E-state index in [0.29, 0.717) is 0 Å². The second-order valence-corrected chi connectivity index (χ2v) is 3.34. The molecule has 0 N–H and O–H groups in total. The van der Waals surface area contributed by atoms with Crippen molar-refractivity contribution in [3.63, 3.8) is 0 Å². The maximum absolute atomic E-state index is 5.41. The van der Waals surface area contributed by atoms with Gasteiger partial charge in [-0.3, -0.25) is 0 Å². The number of hydrogen-bond acceptors (Lipinski definition) is 2. The summed E-state index contributed by atoms with van der Waals surface area (Å²) < 4.78 is 5.41. The van der Waals surface area contributed by atoms with Gasteiger partial charge in [0.25, 0.3) is 0 Å². The molecule has 0 fully saturated rings. The molecule has 1 nitrogen and oxygen atoms in total. The summed E-state index contributed by atoms with van der Waals surface area (Å²) >= 11 is 4.98. The third-order valence-electron chi connectivity index (χ3n) is 2.09. The highest BCUT2D eigenvalue weighted by Crippen LogP contribution is 2.28. The summed E-state index contributed by atoms with van der Waals surface area (Å²) in [6, 6.07) is 0. The van der Waals surface area contributed by atoms with Crippen molar-refractivity contribution in [3.8, 4) is 0 Å². The first-order chi connectivity index (χ1) is 6.36. The van der Waals surface area contributed by atoms with Crippen molar-refractivity contribution in [1.29, 1.82) is 0 Å². The van der Waals surface area contributed by atoms with Gasteiger partial charge in [-0.15, -0.1) is 0 Å². The van der Waals surface area contributed by atoms with Crippen molar-refractivity contribution in [2.75, 3.05) is 0 Å². The van der Waals surface area contributed by atoms with Crippen LogP contribution in [0.1, 0.15) is 39.5 Å². The van der Waals surface area contributed by atoms with Gasteiger partial charge in [0.2, 0.25) is 0 Å².